The summed E-state index contributed by atoms with van der Waals surface area (Å²) in [4.78, 5) is 1.96. The van der Waals surface area contributed by atoms with Crippen molar-refractivity contribution >= 4 is 0 Å². The molecular formula is C15H33N3O2. The van der Waals surface area contributed by atoms with Crippen LogP contribution in [0.25, 0.3) is 0 Å². The highest BCUT2D eigenvalue weighted by atomic mass is 16.3. The van der Waals surface area contributed by atoms with Gasteiger partial charge >= 0.3 is 0 Å². The van der Waals surface area contributed by atoms with E-state index in [0.717, 1.165) is 13.0 Å². The van der Waals surface area contributed by atoms with Crippen molar-refractivity contribution < 1.29 is 10.2 Å². The molecule has 0 aliphatic carbocycles. The monoisotopic (exact) mass is 287 g/mol. The summed E-state index contributed by atoms with van der Waals surface area (Å²) in [7, 11) is 0. The Bertz CT molecular complexity index is 280. The van der Waals surface area contributed by atoms with Crippen molar-refractivity contribution in [1.82, 2.24) is 10.2 Å². The standard InChI is InChI=1S/C15H33N3O2/c1-5-14(13(4)9-16)10-17-15(20)18(7-6-8-19)11-12(2)3/h12,15,17,19-20H,5-11,16H2,1-4H3/b14-13+/t15-/m0/s1. The fourth-order valence-electron chi connectivity index (χ4n) is 2.12. The molecule has 0 saturated heterocycles. The molecule has 0 aromatic heterocycles. The Kier molecular flexibility index (Phi) is 11.0. The first-order valence-electron chi connectivity index (χ1n) is 7.60. The highest BCUT2D eigenvalue weighted by Gasteiger charge is 2.16. The van der Waals surface area contributed by atoms with E-state index >= 15 is 0 Å². The maximum absolute atomic E-state index is 10.3. The lowest BCUT2D eigenvalue weighted by Crippen LogP contribution is -2.48. The number of nitrogens with two attached hydrogens (primary N) is 1. The van der Waals surface area contributed by atoms with Gasteiger partial charge in [0.1, 0.15) is 0 Å². The van der Waals surface area contributed by atoms with Gasteiger partial charge in [-0.15, -0.1) is 0 Å². The molecule has 5 heteroatoms. The summed E-state index contributed by atoms with van der Waals surface area (Å²) in [6.07, 6.45) is 0.920. The molecule has 0 fully saturated rings. The fourth-order valence-corrected chi connectivity index (χ4v) is 2.12. The number of hydrogen-bond donors (Lipinski definition) is 4. The Morgan fingerprint density at radius 3 is 2.45 bits per heavy atom. The van der Waals surface area contributed by atoms with Crippen LogP contribution in [0.5, 0.6) is 0 Å². The molecule has 0 aliphatic heterocycles. The molecule has 120 valence electrons. The lowest BCUT2D eigenvalue weighted by atomic mass is 10.1. The summed E-state index contributed by atoms with van der Waals surface area (Å²) in [5.74, 6) is 0.470. The van der Waals surface area contributed by atoms with Crippen molar-refractivity contribution in [2.45, 2.75) is 46.9 Å². The zero-order valence-electron chi connectivity index (χ0n) is 13.5. The second-order valence-electron chi connectivity index (χ2n) is 5.66. The predicted molar refractivity (Wildman–Crippen MR) is 84.2 cm³/mol. The Hall–Kier alpha value is -0.460. The van der Waals surface area contributed by atoms with Gasteiger partial charge in [0.2, 0.25) is 0 Å². The molecule has 0 bridgehead atoms. The second kappa shape index (κ2) is 11.2. The quantitative estimate of drug-likeness (QED) is 0.335. The van der Waals surface area contributed by atoms with Gasteiger partial charge in [0.15, 0.2) is 6.35 Å². The number of aliphatic hydroxyl groups is 2. The van der Waals surface area contributed by atoms with E-state index in [0.29, 0.717) is 32.0 Å². The maximum atomic E-state index is 10.3. The minimum atomic E-state index is -0.684. The number of rotatable bonds is 11. The van der Waals surface area contributed by atoms with Crippen LogP contribution in [-0.2, 0) is 0 Å². The zero-order chi connectivity index (χ0) is 15.5. The van der Waals surface area contributed by atoms with Crippen LogP contribution in [0.2, 0.25) is 0 Å². The summed E-state index contributed by atoms with van der Waals surface area (Å²) >= 11 is 0. The SMILES string of the molecule is CC/C(CN[C@H](O)N(CCCO)CC(C)C)=C(/C)CN. The summed E-state index contributed by atoms with van der Waals surface area (Å²) in [6, 6.07) is 0. The molecular weight excluding hydrogens is 254 g/mol. The Morgan fingerprint density at radius 1 is 1.35 bits per heavy atom. The van der Waals surface area contributed by atoms with Crippen LogP contribution in [0.15, 0.2) is 11.1 Å². The third-order valence-electron chi connectivity index (χ3n) is 3.38. The van der Waals surface area contributed by atoms with Crippen molar-refractivity contribution in [1.29, 1.82) is 0 Å². The van der Waals surface area contributed by atoms with E-state index in [4.69, 9.17) is 10.8 Å². The highest BCUT2D eigenvalue weighted by molar-refractivity contribution is 5.14. The van der Waals surface area contributed by atoms with Crippen LogP contribution in [0.3, 0.4) is 0 Å². The lowest BCUT2D eigenvalue weighted by Gasteiger charge is -2.30. The van der Waals surface area contributed by atoms with E-state index in [1.54, 1.807) is 0 Å². The molecule has 0 aromatic rings. The Balaban J connectivity index is 4.46. The Labute approximate surface area is 123 Å². The van der Waals surface area contributed by atoms with E-state index in [2.05, 4.69) is 26.1 Å². The molecule has 0 unspecified atom stereocenters. The summed E-state index contributed by atoms with van der Waals surface area (Å²) in [6.45, 7) is 11.2. The van der Waals surface area contributed by atoms with E-state index in [-0.39, 0.29) is 6.61 Å². The molecule has 0 aliphatic rings. The normalized spacial score (nSPS) is 14.8. The first-order valence-corrected chi connectivity index (χ1v) is 7.60. The van der Waals surface area contributed by atoms with Crippen molar-refractivity contribution in [3.8, 4) is 0 Å². The zero-order valence-corrected chi connectivity index (χ0v) is 13.5. The first-order chi connectivity index (χ1) is 9.46. The number of hydrogen-bond acceptors (Lipinski definition) is 5. The van der Waals surface area contributed by atoms with Crippen LogP contribution in [-0.4, -0.2) is 54.3 Å². The van der Waals surface area contributed by atoms with Crippen LogP contribution >= 0.6 is 0 Å². The van der Waals surface area contributed by atoms with Crippen molar-refractivity contribution in [2.24, 2.45) is 11.7 Å². The molecule has 5 N–H and O–H groups in total. The molecule has 1 atom stereocenters. The minimum Gasteiger partial charge on any atom is -0.396 e. The van der Waals surface area contributed by atoms with Gasteiger partial charge in [0, 0.05) is 32.8 Å². The molecule has 0 heterocycles. The number of nitrogens with zero attached hydrogens (tertiary/aromatic N) is 1. The van der Waals surface area contributed by atoms with Gasteiger partial charge < -0.3 is 15.9 Å². The third-order valence-corrected chi connectivity index (χ3v) is 3.38. The van der Waals surface area contributed by atoms with Crippen molar-refractivity contribution in [3.05, 3.63) is 11.1 Å². The molecule has 0 saturated carbocycles. The molecule has 0 amide bonds. The van der Waals surface area contributed by atoms with Gasteiger partial charge in [-0.25, -0.2) is 0 Å². The van der Waals surface area contributed by atoms with E-state index in [1.165, 1.54) is 11.1 Å². The van der Waals surface area contributed by atoms with Crippen LogP contribution in [0.1, 0.15) is 40.5 Å². The second-order valence-corrected chi connectivity index (χ2v) is 5.66. The van der Waals surface area contributed by atoms with Gasteiger partial charge in [-0.3, -0.25) is 10.2 Å². The smallest absolute Gasteiger partial charge is 0.163 e. The summed E-state index contributed by atoms with van der Waals surface area (Å²) < 4.78 is 0. The van der Waals surface area contributed by atoms with Crippen molar-refractivity contribution in [3.63, 3.8) is 0 Å². The average molecular weight is 287 g/mol. The third kappa shape index (κ3) is 7.97. The molecule has 0 rings (SSSR count). The molecule has 0 spiro atoms. The lowest BCUT2D eigenvalue weighted by molar-refractivity contribution is -0.0289. The summed E-state index contributed by atoms with van der Waals surface area (Å²) in [5, 5.41) is 22.4. The predicted octanol–water partition coefficient (Wildman–Crippen LogP) is 0.878. The number of aliphatic hydroxyl groups excluding tert-OH is 2. The molecule has 20 heavy (non-hydrogen) atoms. The first kappa shape index (κ1) is 19.5. The van der Waals surface area contributed by atoms with Gasteiger partial charge in [0.25, 0.3) is 0 Å². The maximum Gasteiger partial charge on any atom is 0.163 e. The topological polar surface area (TPSA) is 81.8 Å². The van der Waals surface area contributed by atoms with Crippen LogP contribution in [0, 0.1) is 5.92 Å². The molecule has 0 aromatic carbocycles. The van der Waals surface area contributed by atoms with Gasteiger partial charge in [-0.1, -0.05) is 31.9 Å². The van der Waals surface area contributed by atoms with Crippen LogP contribution in [0.4, 0.5) is 0 Å². The largest absolute Gasteiger partial charge is 0.396 e. The highest BCUT2D eigenvalue weighted by Crippen LogP contribution is 2.08. The van der Waals surface area contributed by atoms with E-state index in [9.17, 15) is 5.11 Å². The van der Waals surface area contributed by atoms with Gasteiger partial charge in [-0.2, -0.15) is 0 Å². The van der Waals surface area contributed by atoms with E-state index < -0.39 is 6.35 Å². The van der Waals surface area contributed by atoms with Crippen LogP contribution < -0.4 is 11.1 Å². The van der Waals surface area contributed by atoms with Gasteiger partial charge in [0.05, 0.1) is 0 Å². The Morgan fingerprint density at radius 2 is 2.00 bits per heavy atom. The summed E-state index contributed by atoms with van der Waals surface area (Å²) in [5.41, 5.74) is 8.09. The average Bonchev–Trinajstić information content (AvgIpc) is 2.42. The fraction of sp³-hybridized carbons (Fsp3) is 0.867. The minimum absolute atomic E-state index is 0.147. The number of nitrogens with one attached hydrogen (secondary N) is 1. The van der Waals surface area contributed by atoms with Crippen molar-refractivity contribution in [2.75, 3.05) is 32.8 Å². The van der Waals surface area contributed by atoms with E-state index in [1.807, 2.05) is 11.8 Å². The molecule has 5 nitrogen and oxygen atoms in total. The molecule has 0 radical (unpaired) electrons. The van der Waals surface area contributed by atoms with Gasteiger partial charge in [-0.05, 0) is 25.7 Å².